The van der Waals surface area contributed by atoms with Crippen molar-refractivity contribution in [2.45, 2.75) is 39.2 Å². The Morgan fingerprint density at radius 1 is 0.962 bits per heavy atom. The third-order valence-electron chi connectivity index (χ3n) is 3.34. The Hall–Kier alpha value is -2.52. The second kappa shape index (κ2) is 7.00. The van der Waals surface area contributed by atoms with Gasteiger partial charge in [-0.1, -0.05) is 6.07 Å². The molecule has 0 amide bonds. The molecule has 1 aromatic carbocycles. The Morgan fingerprint density at radius 2 is 1.62 bits per heavy atom. The first-order valence-electron chi connectivity index (χ1n) is 7.54. The lowest BCUT2D eigenvalue weighted by Crippen LogP contribution is -2.17. The Balaban J connectivity index is 2.46. The minimum Gasteiger partial charge on any atom is -0.352 e. The van der Waals surface area contributed by atoms with E-state index in [4.69, 9.17) is 0 Å². The van der Waals surface area contributed by atoms with E-state index >= 15 is 0 Å². The molecule has 26 heavy (non-hydrogen) atoms. The van der Waals surface area contributed by atoms with Crippen LogP contribution in [0.4, 0.5) is 43.8 Å². The third kappa shape index (κ3) is 4.77. The van der Waals surface area contributed by atoms with Gasteiger partial charge in [0, 0.05) is 17.8 Å². The van der Waals surface area contributed by atoms with E-state index in [2.05, 4.69) is 20.6 Å². The van der Waals surface area contributed by atoms with Gasteiger partial charge in [0.2, 0.25) is 5.95 Å². The van der Waals surface area contributed by atoms with Crippen LogP contribution in [0.15, 0.2) is 24.3 Å². The van der Waals surface area contributed by atoms with Crippen LogP contribution in [0.1, 0.15) is 30.7 Å². The minimum absolute atomic E-state index is 0.00199. The van der Waals surface area contributed by atoms with Gasteiger partial charge in [-0.15, -0.1) is 0 Å². The van der Waals surface area contributed by atoms with E-state index in [-0.39, 0.29) is 29.1 Å². The highest BCUT2D eigenvalue weighted by Crippen LogP contribution is 2.36. The SMILES string of the molecule is Cc1c(Nc2cc(C(F)(F)F)nc(NC(C)C)n2)cccc1C(F)(F)F. The predicted molar refractivity (Wildman–Crippen MR) is 85.3 cm³/mol. The summed E-state index contributed by atoms with van der Waals surface area (Å²) in [5.74, 6) is -0.542. The average Bonchev–Trinajstić information content (AvgIpc) is 2.46. The zero-order valence-corrected chi connectivity index (χ0v) is 14.0. The van der Waals surface area contributed by atoms with Gasteiger partial charge >= 0.3 is 12.4 Å². The highest BCUT2D eigenvalue weighted by atomic mass is 19.4. The molecular weight excluding hydrogens is 362 g/mol. The molecule has 0 aliphatic carbocycles. The first-order valence-corrected chi connectivity index (χ1v) is 7.54. The zero-order valence-electron chi connectivity index (χ0n) is 14.0. The van der Waals surface area contributed by atoms with Crippen molar-refractivity contribution < 1.29 is 26.3 Å². The van der Waals surface area contributed by atoms with Crippen LogP contribution in [0.5, 0.6) is 0 Å². The van der Waals surface area contributed by atoms with Gasteiger partial charge in [0.15, 0.2) is 5.69 Å². The van der Waals surface area contributed by atoms with Gasteiger partial charge in [-0.3, -0.25) is 0 Å². The summed E-state index contributed by atoms with van der Waals surface area (Å²) < 4.78 is 78.0. The van der Waals surface area contributed by atoms with Gasteiger partial charge in [-0.25, -0.2) is 4.98 Å². The van der Waals surface area contributed by atoms with Crippen LogP contribution < -0.4 is 10.6 Å². The molecule has 2 N–H and O–H groups in total. The molecule has 0 aliphatic rings. The van der Waals surface area contributed by atoms with Crippen molar-refractivity contribution in [3.05, 3.63) is 41.1 Å². The lowest BCUT2D eigenvalue weighted by atomic mass is 10.1. The zero-order chi connectivity index (χ0) is 19.7. The monoisotopic (exact) mass is 378 g/mol. The fourth-order valence-corrected chi connectivity index (χ4v) is 2.20. The van der Waals surface area contributed by atoms with E-state index in [1.54, 1.807) is 13.8 Å². The van der Waals surface area contributed by atoms with Crippen LogP contribution in [0.2, 0.25) is 0 Å². The van der Waals surface area contributed by atoms with Crippen molar-refractivity contribution in [1.82, 2.24) is 9.97 Å². The molecule has 0 radical (unpaired) electrons. The fraction of sp³-hybridized carbons (Fsp3) is 0.375. The van der Waals surface area contributed by atoms with E-state index in [9.17, 15) is 26.3 Å². The lowest BCUT2D eigenvalue weighted by Gasteiger charge is -2.17. The number of aromatic nitrogens is 2. The van der Waals surface area contributed by atoms with Crippen LogP contribution in [0.3, 0.4) is 0 Å². The topological polar surface area (TPSA) is 49.8 Å². The summed E-state index contributed by atoms with van der Waals surface area (Å²) in [6.45, 7) is 4.60. The molecule has 142 valence electrons. The summed E-state index contributed by atoms with van der Waals surface area (Å²) in [6, 6.07) is 3.80. The molecular formula is C16H16F6N4. The standard InChI is InChI=1S/C16H16F6N4/c1-8(2)23-14-25-12(16(20,21)22)7-13(26-14)24-11-6-4-5-10(9(11)3)15(17,18)19/h4-8H,1-3H3,(H2,23,24,25,26). The molecule has 0 bridgehead atoms. The van der Waals surface area contributed by atoms with Crippen LogP contribution in [-0.4, -0.2) is 16.0 Å². The number of benzene rings is 1. The smallest absolute Gasteiger partial charge is 0.352 e. The Labute approximate surface area is 145 Å². The number of alkyl halides is 6. The number of nitrogens with one attached hydrogen (secondary N) is 2. The van der Waals surface area contributed by atoms with Crippen LogP contribution >= 0.6 is 0 Å². The number of hydrogen-bond donors (Lipinski definition) is 2. The normalized spacial score (nSPS) is 12.4. The molecule has 0 spiro atoms. The molecule has 4 nitrogen and oxygen atoms in total. The molecule has 0 unspecified atom stereocenters. The average molecular weight is 378 g/mol. The summed E-state index contributed by atoms with van der Waals surface area (Å²) in [4.78, 5) is 7.30. The van der Waals surface area contributed by atoms with Gasteiger partial charge in [0.25, 0.3) is 0 Å². The predicted octanol–water partition coefficient (Wildman–Crippen LogP) is 5.39. The van der Waals surface area contributed by atoms with Crippen molar-refractivity contribution in [2.24, 2.45) is 0 Å². The summed E-state index contributed by atoms with van der Waals surface area (Å²) in [7, 11) is 0. The summed E-state index contributed by atoms with van der Waals surface area (Å²) >= 11 is 0. The van der Waals surface area contributed by atoms with Gasteiger partial charge < -0.3 is 10.6 Å². The molecule has 1 heterocycles. The van der Waals surface area contributed by atoms with Gasteiger partial charge in [0.1, 0.15) is 5.82 Å². The minimum atomic E-state index is -4.73. The first kappa shape index (κ1) is 19.8. The van der Waals surface area contributed by atoms with Crippen LogP contribution in [0.25, 0.3) is 0 Å². The van der Waals surface area contributed by atoms with E-state index in [1.165, 1.54) is 13.0 Å². The molecule has 2 aromatic rings. The van der Waals surface area contributed by atoms with Gasteiger partial charge in [0.05, 0.1) is 5.56 Å². The van der Waals surface area contributed by atoms with Crippen molar-refractivity contribution in [3.63, 3.8) is 0 Å². The molecule has 0 aliphatic heterocycles. The summed E-state index contributed by atoms with van der Waals surface area (Å²) in [5.41, 5.74) is -2.23. The molecule has 10 heteroatoms. The highest BCUT2D eigenvalue weighted by Gasteiger charge is 2.35. The van der Waals surface area contributed by atoms with E-state index in [0.29, 0.717) is 6.07 Å². The number of anilines is 3. The summed E-state index contributed by atoms with van der Waals surface area (Å²) in [5, 5.41) is 5.17. The van der Waals surface area contributed by atoms with Gasteiger partial charge in [-0.2, -0.15) is 31.3 Å². The maximum absolute atomic E-state index is 13.0. The van der Waals surface area contributed by atoms with Crippen LogP contribution in [-0.2, 0) is 12.4 Å². The number of halogens is 6. The van der Waals surface area contributed by atoms with E-state index in [1.807, 2.05) is 0 Å². The largest absolute Gasteiger partial charge is 0.433 e. The molecule has 2 rings (SSSR count). The first-order chi connectivity index (χ1) is 11.9. The quantitative estimate of drug-likeness (QED) is 0.701. The second-order valence-corrected chi connectivity index (χ2v) is 5.86. The van der Waals surface area contributed by atoms with Crippen molar-refractivity contribution in [2.75, 3.05) is 10.6 Å². The highest BCUT2D eigenvalue weighted by molar-refractivity contribution is 5.63. The Bertz CT molecular complexity index is 783. The van der Waals surface area contributed by atoms with Crippen molar-refractivity contribution in [1.29, 1.82) is 0 Å². The fourth-order valence-electron chi connectivity index (χ4n) is 2.20. The number of rotatable bonds is 4. The third-order valence-corrected chi connectivity index (χ3v) is 3.34. The van der Waals surface area contributed by atoms with Crippen molar-refractivity contribution >= 4 is 17.5 Å². The lowest BCUT2D eigenvalue weighted by molar-refractivity contribution is -0.141. The van der Waals surface area contributed by atoms with Crippen LogP contribution in [0, 0.1) is 6.92 Å². The Kier molecular flexibility index (Phi) is 5.33. The second-order valence-electron chi connectivity index (χ2n) is 5.86. The number of hydrogen-bond acceptors (Lipinski definition) is 4. The summed E-state index contributed by atoms with van der Waals surface area (Å²) in [6.07, 6.45) is -9.30. The Morgan fingerprint density at radius 3 is 2.15 bits per heavy atom. The van der Waals surface area contributed by atoms with Crippen molar-refractivity contribution in [3.8, 4) is 0 Å². The molecule has 0 saturated carbocycles. The van der Waals surface area contributed by atoms with E-state index in [0.717, 1.165) is 12.1 Å². The van der Waals surface area contributed by atoms with Gasteiger partial charge in [-0.05, 0) is 38.5 Å². The van der Waals surface area contributed by atoms with E-state index < -0.39 is 23.6 Å². The molecule has 0 saturated heterocycles. The maximum Gasteiger partial charge on any atom is 0.433 e. The molecule has 0 fully saturated rings. The maximum atomic E-state index is 13.0. The molecule has 0 atom stereocenters. The molecule has 1 aromatic heterocycles. The number of nitrogens with zero attached hydrogens (tertiary/aromatic N) is 2.